The van der Waals surface area contributed by atoms with E-state index in [0.29, 0.717) is 25.9 Å². The lowest BCUT2D eigenvalue weighted by atomic mass is 10.0. The third-order valence-corrected chi connectivity index (χ3v) is 9.34. The molecular weight excluding hydrogens is 515 g/mol. The van der Waals surface area contributed by atoms with Crippen molar-refractivity contribution in [1.29, 1.82) is 0 Å². The summed E-state index contributed by atoms with van der Waals surface area (Å²) in [6.07, 6.45) is 5.40. The molecule has 3 aliphatic rings. The number of allylic oxidation sites excluding steroid dienone is 1. The molecule has 11 heteroatoms. The fourth-order valence-corrected chi connectivity index (χ4v) is 6.73. The Balaban J connectivity index is 1.23. The van der Waals surface area contributed by atoms with Crippen molar-refractivity contribution in [1.82, 2.24) is 19.6 Å². The SMILES string of the molecule is O=S(=O)(c1ccc(C2=CCNCC2)cc1)N1CCC(Nc2ncc(C(F)(F)F)c(C=C3CCCC3)n2)CC1. The number of halogens is 3. The van der Waals surface area contributed by atoms with Gasteiger partial charge in [0.25, 0.3) is 0 Å². The maximum Gasteiger partial charge on any atom is 0.419 e. The van der Waals surface area contributed by atoms with Gasteiger partial charge < -0.3 is 10.6 Å². The molecule has 0 bridgehead atoms. The van der Waals surface area contributed by atoms with Crippen LogP contribution in [0.1, 0.15) is 61.8 Å². The molecule has 1 aromatic carbocycles. The van der Waals surface area contributed by atoms with E-state index in [-0.39, 0.29) is 22.6 Å². The summed E-state index contributed by atoms with van der Waals surface area (Å²) in [7, 11) is -3.64. The maximum absolute atomic E-state index is 13.5. The molecule has 1 saturated carbocycles. The van der Waals surface area contributed by atoms with Crippen LogP contribution >= 0.6 is 0 Å². The number of nitrogens with one attached hydrogen (secondary N) is 2. The van der Waals surface area contributed by atoms with Gasteiger partial charge in [0.1, 0.15) is 0 Å². The van der Waals surface area contributed by atoms with Crippen molar-refractivity contribution in [3.8, 4) is 0 Å². The number of anilines is 1. The molecule has 1 aromatic heterocycles. The number of piperidine rings is 1. The number of alkyl halides is 3. The normalized spacial score (nSPS) is 19.9. The number of rotatable bonds is 6. The Morgan fingerprint density at radius 2 is 1.76 bits per heavy atom. The van der Waals surface area contributed by atoms with Crippen LogP contribution in [0.15, 0.2) is 47.0 Å². The highest BCUT2D eigenvalue weighted by atomic mass is 32.2. The molecule has 0 amide bonds. The van der Waals surface area contributed by atoms with Gasteiger partial charge in [-0.25, -0.2) is 18.4 Å². The lowest BCUT2D eigenvalue weighted by Crippen LogP contribution is -2.42. The van der Waals surface area contributed by atoms with Crippen LogP contribution in [0.2, 0.25) is 0 Å². The van der Waals surface area contributed by atoms with Gasteiger partial charge in [-0.3, -0.25) is 0 Å². The number of hydrogen-bond donors (Lipinski definition) is 2. The first-order valence-corrected chi connectivity index (χ1v) is 14.5. The monoisotopic (exact) mass is 547 g/mol. The van der Waals surface area contributed by atoms with Gasteiger partial charge >= 0.3 is 6.18 Å². The average molecular weight is 548 g/mol. The summed E-state index contributed by atoms with van der Waals surface area (Å²) in [5.74, 6) is 0.131. The molecule has 1 aliphatic carbocycles. The van der Waals surface area contributed by atoms with Crippen LogP contribution < -0.4 is 10.6 Å². The number of hydrogen-bond acceptors (Lipinski definition) is 6. The van der Waals surface area contributed by atoms with E-state index in [1.807, 2.05) is 12.1 Å². The zero-order valence-corrected chi connectivity index (χ0v) is 21.9. The Labute approximate surface area is 221 Å². The maximum atomic E-state index is 13.5. The Hall–Kier alpha value is -2.76. The van der Waals surface area contributed by atoms with Crippen molar-refractivity contribution >= 4 is 27.6 Å². The highest BCUT2D eigenvalue weighted by molar-refractivity contribution is 7.89. The topological polar surface area (TPSA) is 87.2 Å². The van der Waals surface area contributed by atoms with E-state index in [9.17, 15) is 21.6 Å². The van der Waals surface area contributed by atoms with Crippen molar-refractivity contribution in [2.45, 2.75) is 62.1 Å². The fraction of sp³-hybridized carbons (Fsp3) is 0.481. The van der Waals surface area contributed by atoms with Gasteiger partial charge in [-0.05, 0) is 80.8 Å². The van der Waals surface area contributed by atoms with Gasteiger partial charge in [0.15, 0.2) is 0 Å². The second-order valence-electron chi connectivity index (χ2n) is 10.0. The van der Waals surface area contributed by atoms with E-state index < -0.39 is 21.8 Å². The predicted molar refractivity (Wildman–Crippen MR) is 141 cm³/mol. The van der Waals surface area contributed by atoms with Crippen molar-refractivity contribution in [3.63, 3.8) is 0 Å². The predicted octanol–water partition coefficient (Wildman–Crippen LogP) is 5.09. The highest BCUT2D eigenvalue weighted by Gasteiger charge is 2.35. The summed E-state index contributed by atoms with van der Waals surface area (Å²) in [5, 5.41) is 6.40. The third-order valence-electron chi connectivity index (χ3n) is 7.42. The van der Waals surface area contributed by atoms with Gasteiger partial charge in [0.05, 0.1) is 16.2 Å². The Kier molecular flexibility index (Phi) is 7.88. The molecule has 5 rings (SSSR count). The number of sulfonamides is 1. The lowest BCUT2D eigenvalue weighted by molar-refractivity contribution is -0.138. The van der Waals surface area contributed by atoms with E-state index in [2.05, 4.69) is 26.7 Å². The fourth-order valence-electron chi connectivity index (χ4n) is 5.26. The lowest BCUT2D eigenvalue weighted by Gasteiger charge is -2.31. The summed E-state index contributed by atoms with van der Waals surface area (Å²) in [5.41, 5.74) is 2.26. The van der Waals surface area contributed by atoms with Crippen LogP contribution in [0.5, 0.6) is 0 Å². The minimum Gasteiger partial charge on any atom is -0.351 e. The van der Waals surface area contributed by atoms with E-state index in [1.165, 1.54) is 9.88 Å². The van der Waals surface area contributed by atoms with Gasteiger partial charge in [-0.1, -0.05) is 23.8 Å². The molecule has 0 unspecified atom stereocenters. The smallest absolute Gasteiger partial charge is 0.351 e. The van der Waals surface area contributed by atoms with Crippen LogP contribution in [-0.4, -0.2) is 54.9 Å². The molecule has 2 N–H and O–H groups in total. The molecule has 38 heavy (non-hydrogen) atoms. The second-order valence-corrected chi connectivity index (χ2v) is 12.0. The van der Waals surface area contributed by atoms with Gasteiger partial charge in [-0.2, -0.15) is 17.5 Å². The zero-order valence-electron chi connectivity index (χ0n) is 21.1. The van der Waals surface area contributed by atoms with E-state index >= 15 is 0 Å². The van der Waals surface area contributed by atoms with Crippen molar-refractivity contribution in [3.05, 3.63) is 58.9 Å². The Morgan fingerprint density at radius 1 is 1.05 bits per heavy atom. The van der Waals surface area contributed by atoms with Crippen molar-refractivity contribution in [2.24, 2.45) is 0 Å². The molecule has 204 valence electrons. The average Bonchev–Trinajstić information content (AvgIpc) is 3.42. The molecule has 3 heterocycles. The Bertz CT molecular complexity index is 1310. The number of benzene rings is 1. The first-order valence-electron chi connectivity index (χ1n) is 13.1. The molecule has 2 aliphatic heterocycles. The zero-order chi connectivity index (χ0) is 26.8. The number of aromatic nitrogens is 2. The summed E-state index contributed by atoms with van der Waals surface area (Å²) in [6, 6.07) is 6.90. The molecule has 7 nitrogen and oxygen atoms in total. The van der Waals surface area contributed by atoms with Crippen molar-refractivity contribution < 1.29 is 21.6 Å². The van der Waals surface area contributed by atoms with Crippen LogP contribution in [0, 0.1) is 0 Å². The highest BCUT2D eigenvalue weighted by Crippen LogP contribution is 2.34. The standard InChI is InChI=1S/C27H32F3N5O2S/c28-27(29,30)24-18-32-26(34-25(24)17-19-3-1-2-4-19)33-22-11-15-35(16-12-22)38(36,37)23-7-5-20(6-8-23)21-9-13-31-14-10-21/h5-9,17-18,22,31H,1-4,10-16H2,(H,32,33,34). The number of nitrogens with zero attached hydrogens (tertiary/aromatic N) is 3. The van der Waals surface area contributed by atoms with Gasteiger partial charge in [0.2, 0.25) is 16.0 Å². The largest absolute Gasteiger partial charge is 0.419 e. The van der Waals surface area contributed by atoms with Gasteiger partial charge in [0, 0.05) is 31.9 Å². The van der Waals surface area contributed by atoms with Crippen molar-refractivity contribution in [2.75, 3.05) is 31.5 Å². The molecule has 2 fully saturated rings. The Morgan fingerprint density at radius 3 is 2.39 bits per heavy atom. The summed E-state index contributed by atoms with van der Waals surface area (Å²) in [6.45, 7) is 2.33. The minimum absolute atomic E-state index is 0.115. The summed E-state index contributed by atoms with van der Waals surface area (Å²) in [4.78, 5) is 8.39. The first kappa shape index (κ1) is 26.8. The third kappa shape index (κ3) is 6.10. The quantitative estimate of drug-likeness (QED) is 0.524. The minimum atomic E-state index is -4.54. The van der Waals surface area contributed by atoms with E-state index in [1.54, 1.807) is 18.2 Å². The second kappa shape index (κ2) is 11.2. The van der Waals surface area contributed by atoms with Crippen LogP contribution in [0.3, 0.4) is 0 Å². The van der Waals surface area contributed by atoms with Crippen LogP contribution in [-0.2, 0) is 16.2 Å². The van der Waals surface area contributed by atoms with E-state index in [4.69, 9.17) is 0 Å². The summed E-state index contributed by atoms with van der Waals surface area (Å²) < 4.78 is 68.5. The molecule has 0 radical (unpaired) electrons. The van der Waals surface area contributed by atoms with E-state index in [0.717, 1.165) is 62.5 Å². The molecular formula is C27H32F3N5O2S. The first-order chi connectivity index (χ1) is 18.2. The van der Waals surface area contributed by atoms with Crippen LogP contribution in [0.4, 0.5) is 19.1 Å². The van der Waals surface area contributed by atoms with Crippen LogP contribution in [0.25, 0.3) is 11.6 Å². The molecule has 0 spiro atoms. The van der Waals surface area contributed by atoms with Gasteiger partial charge in [-0.15, -0.1) is 0 Å². The molecule has 2 aromatic rings. The summed E-state index contributed by atoms with van der Waals surface area (Å²) >= 11 is 0. The molecule has 0 atom stereocenters. The molecule has 1 saturated heterocycles.